The number of anilines is 1. The van der Waals surface area contributed by atoms with Crippen LogP contribution in [-0.2, 0) is 14.3 Å². The van der Waals surface area contributed by atoms with Gasteiger partial charge >= 0.3 is 5.97 Å². The average Bonchev–Trinajstić information content (AvgIpc) is 3.08. The number of hydrogen-bond acceptors (Lipinski definition) is 6. The number of benzene rings is 2. The molecule has 1 aromatic heterocycles. The number of fused-ring (bicyclic) bond motifs is 1. The van der Waals surface area contributed by atoms with E-state index < -0.39 is 0 Å². The summed E-state index contributed by atoms with van der Waals surface area (Å²) in [6.07, 6.45) is 3.28. The van der Waals surface area contributed by atoms with E-state index in [-0.39, 0.29) is 17.6 Å². The highest BCUT2D eigenvalue weighted by molar-refractivity contribution is 8.01. The van der Waals surface area contributed by atoms with Crippen LogP contribution in [0.4, 0.5) is 5.69 Å². The van der Waals surface area contributed by atoms with Crippen LogP contribution < -0.4 is 5.32 Å². The van der Waals surface area contributed by atoms with Crippen LogP contribution >= 0.6 is 23.1 Å². The van der Waals surface area contributed by atoms with Crippen LogP contribution in [0.1, 0.15) is 12.5 Å². The molecule has 7 heteroatoms. The fraction of sp³-hybridized carbons (Fsp3) is 0.150. The van der Waals surface area contributed by atoms with E-state index in [4.69, 9.17) is 4.74 Å². The number of amides is 1. The molecule has 0 fully saturated rings. The minimum atomic E-state index is -0.250. The average molecular weight is 399 g/mol. The second kappa shape index (κ2) is 9.34. The van der Waals surface area contributed by atoms with Gasteiger partial charge in [0.05, 0.1) is 22.6 Å². The van der Waals surface area contributed by atoms with Crippen LogP contribution in [0, 0.1) is 0 Å². The van der Waals surface area contributed by atoms with Crippen molar-refractivity contribution in [1.82, 2.24) is 4.98 Å². The highest BCUT2D eigenvalue weighted by Gasteiger charge is 2.09. The number of nitrogens with zero attached hydrogens (tertiary/aromatic N) is 1. The summed E-state index contributed by atoms with van der Waals surface area (Å²) in [5.74, 6) is -0.207. The molecule has 0 unspecified atom stereocenters. The Bertz CT molecular complexity index is 968. The zero-order valence-electron chi connectivity index (χ0n) is 14.7. The van der Waals surface area contributed by atoms with Crippen molar-refractivity contribution in [2.24, 2.45) is 0 Å². The maximum Gasteiger partial charge on any atom is 0.316 e. The molecule has 0 bridgehead atoms. The molecule has 138 valence electrons. The van der Waals surface area contributed by atoms with Crippen LogP contribution in [0.5, 0.6) is 0 Å². The minimum absolute atomic E-state index is 0.195. The van der Waals surface area contributed by atoms with Gasteiger partial charge in [-0.1, -0.05) is 42.1 Å². The van der Waals surface area contributed by atoms with Crippen molar-refractivity contribution in [1.29, 1.82) is 0 Å². The van der Waals surface area contributed by atoms with Crippen molar-refractivity contribution in [3.63, 3.8) is 0 Å². The van der Waals surface area contributed by atoms with E-state index in [9.17, 15) is 9.59 Å². The summed E-state index contributed by atoms with van der Waals surface area (Å²) in [6, 6.07) is 15.2. The van der Waals surface area contributed by atoms with Crippen molar-refractivity contribution >= 4 is 57.0 Å². The molecule has 27 heavy (non-hydrogen) atoms. The summed E-state index contributed by atoms with van der Waals surface area (Å²) in [6.45, 7) is 2.16. The molecule has 0 saturated heterocycles. The lowest BCUT2D eigenvalue weighted by atomic mass is 10.2. The standard InChI is InChI=1S/C20H18N2O3S2/c1-2-25-19(24)13-26-20-22-16-10-9-15(12-17(16)27-20)21-18(23)11-8-14-6-4-3-5-7-14/h3-12H,2,13H2,1H3,(H,21,23). The number of rotatable bonds is 7. The van der Waals surface area contributed by atoms with E-state index >= 15 is 0 Å². The number of thioether (sulfide) groups is 1. The quantitative estimate of drug-likeness (QED) is 0.358. The second-order valence-electron chi connectivity index (χ2n) is 5.49. The summed E-state index contributed by atoms with van der Waals surface area (Å²) < 4.78 is 6.67. The Hall–Kier alpha value is -2.64. The SMILES string of the molecule is CCOC(=O)CSc1nc2ccc(NC(=O)C=Cc3ccccc3)cc2s1. The Kier molecular flexibility index (Phi) is 6.62. The van der Waals surface area contributed by atoms with Gasteiger partial charge in [0.25, 0.3) is 0 Å². The van der Waals surface area contributed by atoms with E-state index in [1.807, 2.05) is 48.5 Å². The van der Waals surface area contributed by atoms with Crippen LogP contribution in [0.15, 0.2) is 58.9 Å². The highest BCUT2D eigenvalue weighted by Crippen LogP contribution is 2.31. The summed E-state index contributed by atoms with van der Waals surface area (Å²) in [4.78, 5) is 28.0. The first kappa shape index (κ1) is 19.1. The summed E-state index contributed by atoms with van der Waals surface area (Å²) in [5, 5.41) is 2.85. The van der Waals surface area contributed by atoms with Gasteiger partial charge in [0.15, 0.2) is 4.34 Å². The molecule has 3 rings (SSSR count). The van der Waals surface area contributed by atoms with Gasteiger partial charge in [0, 0.05) is 11.8 Å². The van der Waals surface area contributed by atoms with Gasteiger partial charge in [0.1, 0.15) is 0 Å². The number of ether oxygens (including phenoxy) is 1. The molecule has 3 aromatic rings. The lowest BCUT2D eigenvalue weighted by molar-refractivity contribution is -0.139. The number of hydrogen-bond donors (Lipinski definition) is 1. The molecule has 0 saturated carbocycles. The third kappa shape index (κ3) is 5.67. The molecule has 0 aliphatic heterocycles. The molecular formula is C20H18N2O3S2. The zero-order chi connectivity index (χ0) is 19.1. The predicted octanol–water partition coefficient (Wildman–Crippen LogP) is 4.60. The van der Waals surface area contributed by atoms with Gasteiger partial charge in [-0.15, -0.1) is 11.3 Å². The van der Waals surface area contributed by atoms with E-state index in [1.165, 1.54) is 29.2 Å². The molecule has 5 nitrogen and oxygen atoms in total. The summed E-state index contributed by atoms with van der Waals surface area (Å²) >= 11 is 2.84. The van der Waals surface area contributed by atoms with Gasteiger partial charge < -0.3 is 10.1 Å². The summed E-state index contributed by atoms with van der Waals surface area (Å²) in [7, 11) is 0. The van der Waals surface area contributed by atoms with E-state index in [0.29, 0.717) is 12.3 Å². The first-order valence-corrected chi connectivity index (χ1v) is 10.2. The van der Waals surface area contributed by atoms with Crippen molar-refractivity contribution in [3.8, 4) is 0 Å². The number of nitrogens with one attached hydrogen (secondary N) is 1. The fourth-order valence-corrected chi connectivity index (χ4v) is 4.19. The summed E-state index contributed by atoms with van der Waals surface area (Å²) in [5.41, 5.74) is 2.51. The molecule has 0 atom stereocenters. The Morgan fingerprint density at radius 3 is 2.81 bits per heavy atom. The number of carbonyl (C=O) groups excluding carboxylic acids is 2. The van der Waals surface area contributed by atoms with Gasteiger partial charge in [-0.25, -0.2) is 4.98 Å². The van der Waals surface area contributed by atoms with Crippen molar-refractivity contribution in [2.75, 3.05) is 17.7 Å². The van der Waals surface area contributed by atoms with Crippen molar-refractivity contribution < 1.29 is 14.3 Å². The van der Waals surface area contributed by atoms with E-state index in [1.54, 1.807) is 13.0 Å². The number of esters is 1. The normalized spacial score (nSPS) is 11.0. The molecule has 1 N–H and O–H groups in total. The third-order valence-electron chi connectivity index (χ3n) is 3.48. The smallest absolute Gasteiger partial charge is 0.316 e. The Labute approximate surface area is 165 Å². The highest BCUT2D eigenvalue weighted by atomic mass is 32.2. The largest absolute Gasteiger partial charge is 0.465 e. The zero-order valence-corrected chi connectivity index (χ0v) is 16.3. The second-order valence-corrected chi connectivity index (χ2v) is 7.74. The van der Waals surface area contributed by atoms with Crippen molar-refractivity contribution in [2.45, 2.75) is 11.3 Å². The molecule has 0 aliphatic carbocycles. The van der Waals surface area contributed by atoms with Crippen LogP contribution in [0.25, 0.3) is 16.3 Å². The Morgan fingerprint density at radius 1 is 1.22 bits per heavy atom. The lowest BCUT2D eigenvalue weighted by Gasteiger charge is -2.01. The van der Waals surface area contributed by atoms with Gasteiger partial charge in [-0.05, 0) is 36.8 Å². The maximum atomic E-state index is 12.1. The maximum absolute atomic E-state index is 12.1. The lowest BCUT2D eigenvalue weighted by Crippen LogP contribution is -2.07. The molecule has 2 aromatic carbocycles. The molecule has 0 radical (unpaired) electrons. The Balaban J connectivity index is 1.63. The van der Waals surface area contributed by atoms with Crippen molar-refractivity contribution in [3.05, 3.63) is 60.2 Å². The topological polar surface area (TPSA) is 68.3 Å². The minimum Gasteiger partial charge on any atom is -0.465 e. The molecule has 0 aliphatic rings. The van der Waals surface area contributed by atoms with E-state index in [2.05, 4.69) is 10.3 Å². The fourth-order valence-electron chi connectivity index (χ4n) is 2.29. The van der Waals surface area contributed by atoms with Gasteiger partial charge in [-0.3, -0.25) is 9.59 Å². The van der Waals surface area contributed by atoms with E-state index in [0.717, 1.165) is 20.1 Å². The van der Waals surface area contributed by atoms with Crippen LogP contribution in [0.3, 0.4) is 0 Å². The first-order chi connectivity index (χ1) is 13.1. The van der Waals surface area contributed by atoms with Crippen LogP contribution in [-0.4, -0.2) is 29.2 Å². The van der Waals surface area contributed by atoms with Gasteiger partial charge in [-0.2, -0.15) is 0 Å². The molecule has 1 heterocycles. The number of thiazole rings is 1. The third-order valence-corrected chi connectivity index (χ3v) is 5.62. The van der Waals surface area contributed by atoms with Gasteiger partial charge in [0.2, 0.25) is 5.91 Å². The predicted molar refractivity (Wildman–Crippen MR) is 111 cm³/mol. The molecular weight excluding hydrogens is 380 g/mol. The van der Waals surface area contributed by atoms with Crippen LogP contribution in [0.2, 0.25) is 0 Å². The number of carbonyl (C=O) groups is 2. The molecule has 1 amide bonds. The Morgan fingerprint density at radius 2 is 2.04 bits per heavy atom. The monoisotopic (exact) mass is 398 g/mol. The first-order valence-electron chi connectivity index (χ1n) is 8.37. The molecule has 0 spiro atoms. The number of aromatic nitrogens is 1.